The van der Waals surface area contributed by atoms with Crippen molar-refractivity contribution in [3.63, 3.8) is 0 Å². The molecule has 1 aliphatic carbocycles. The number of aromatic nitrogens is 4. The van der Waals surface area contributed by atoms with Crippen LogP contribution in [0.15, 0.2) is 18.3 Å². The van der Waals surface area contributed by atoms with Gasteiger partial charge in [0.25, 0.3) is 5.91 Å². The first-order chi connectivity index (χ1) is 15.0. The zero-order valence-electron chi connectivity index (χ0n) is 18.1. The van der Waals surface area contributed by atoms with Crippen LogP contribution in [0.4, 0.5) is 13.2 Å². The summed E-state index contributed by atoms with van der Waals surface area (Å²) in [7, 11) is 1.54. The van der Waals surface area contributed by atoms with Crippen LogP contribution in [0.3, 0.4) is 0 Å². The molecule has 32 heavy (non-hydrogen) atoms. The lowest BCUT2D eigenvalue weighted by molar-refractivity contribution is -0.251. The molecular formula is C21H26F3N5O3. The summed E-state index contributed by atoms with van der Waals surface area (Å²) in [6.45, 7) is 2.75. The Morgan fingerprint density at radius 1 is 1.34 bits per heavy atom. The van der Waals surface area contributed by atoms with E-state index in [4.69, 9.17) is 4.74 Å². The van der Waals surface area contributed by atoms with Gasteiger partial charge >= 0.3 is 6.18 Å². The fourth-order valence-electron chi connectivity index (χ4n) is 4.74. The number of rotatable bonds is 5. The van der Waals surface area contributed by atoms with Crippen LogP contribution in [0.2, 0.25) is 0 Å². The third-order valence-corrected chi connectivity index (χ3v) is 6.82. The molecule has 8 nitrogen and oxygen atoms in total. The molecule has 0 radical (unpaired) electrons. The summed E-state index contributed by atoms with van der Waals surface area (Å²) < 4.78 is 44.3. The van der Waals surface area contributed by atoms with E-state index < -0.39 is 17.7 Å². The molecule has 2 aromatic heterocycles. The summed E-state index contributed by atoms with van der Waals surface area (Å²) in [6.07, 6.45) is -1.07. The fraction of sp³-hybridized carbons (Fsp3) is 0.619. The lowest BCUT2D eigenvalue weighted by atomic mass is 9.74. The summed E-state index contributed by atoms with van der Waals surface area (Å²) in [5.41, 5.74) is -2.87. The topological polar surface area (TPSA) is 104 Å². The number of ether oxygens (including phenoxy) is 1. The molecule has 11 heteroatoms. The van der Waals surface area contributed by atoms with Gasteiger partial charge < -0.3 is 14.7 Å². The van der Waals surface area contributed by atoms with Gasteiger partial charge in [-0.25, -0.2) is 9.97 Å². The van der Waals surface area contributed by atoms with E-state index in [1.54, 1.807) is 12.3 Å². The number of H-pyrrole nitrogens is 1. The van der Waals surface area contributed by atoms with Gasteiger partial charge in [-0.3, -0.25) is 9.89 Å². The van der Waals surface area contributed by atoms with E-state index in [0.29, 0.717) is 25.0 Å². The number of carbonyl (C=O) groups is 1. The predicted molar refractivity (Wildman–Crippen MR) is 108 cm³/mol. The zero-order chi connectivity index (χ0) is 23.3. The monoisotopic (exact) mass is 453 g/mol. The molecule has 2 unspecified atom stereocenters. The van der Waals surface area contributed by atoms with E-state index in [1.165, 1.54) is 7.11 Å². The minimum Gasteiger partial charge on any atom is -0.481 e. The molecule has 3 atom stereocenters. The van der Waals surface area contributed by atoms with Gasteiger partial charge in [0, 0.05) is 36.3 Å². The Hall–Kier alpha value is -2.69. The fourth-order valence-corrected chi connectivity index (χ4v) is 4.74. The van der Waals surface area contributed by atoms with Crippen molar-refractivity contribution in [2.24, 2.45) is 11.8 Å². The maximum absolute atomic E-state index is 13.1. The lowest BCUT2D eigenvalue weighted by Gasteiger charge is -2.42. The Kier molecular flexibility index (Phi) is 5.43. The number of nitrogens with one attached hydrogen (secondary N) is 1. The van der Waals surface area contributed by atoms with Crippen molar-refractivity contribution in [1.29, 1.82) is 0 Å². The number of methoxy groups -OCH3 is 1. The number of piperidine rings is 1. The Morgan fingerprint density at radius 2 is 2.06 bits per heavy atom. The van der Waals surface area contributed by atoms with Crippen molar-refractivity contribution < 1.29 is 27.8 Å². The Morgan fingerprint density at radius 3 is 2.59 bits per heavy atom. The summed E-state index contributed by atoms with van der Waals surface area (Å²) >= 11 is 0. The molecule has 0 spiro atoms. The molecule has 0 bridgehead atoms. The molecule has 1 amide bonds. The second-order valence-corrected chi connectivity index (χ2v) is 8.95. The van der Waals surface area contributed by atoms with E-state index in [1.807, 2.05) is 13.0 Å². The van der Waals surface area contributed by atoms with Gasteiger partial charge in [0.05, 0.1) is 7.11 Å². The van der Waals surface area contributed by atoms with Crippen LogP contribution >= 0.6 is 0 Å². The van der Waals surface area contributed by atoms with E-state index in [9.17, 15) is 23.1 Å². The van der Waals surface area contributed by atoms with Crippen LogP contribution in [-0.2, 0) is 10.2 Å². The van der Waals surface area contributed by atoms with Crippen LogP contribution in [-0.4, -0.2) is 68.1 Å². The Balaban J connectivity index is 1.48. The molecular weight excluding hydrogens is 427 g/mol. The Labute approximate surface area is 183 Å². The predicted octanol–water partition coefficient (Wildman–Crippen LogP) is 2.70. The highest BCUT2D eigenvalue weighted by Gasteiger charge is 2.59. The molecule has 2 N–H and O–H groups in total. The molecule has 2 aliphatic rings. The van der Waals surface area contributed by atoms with E-state index in [0.717, 1.165) is 29.1 Å². The van der Waals surface area contributed by atoms with Gasteiger partial charge in [-0.2, -0.15) is 18.3 Å². The highest BCUT2D eigenvalue weighted by atomic mass is 19.4. The second kappa shape index (κ2) is 7.72. The van der Waals surface area contributed by atoms with Crippen molar-refractivity contribution in [1.82, 2.24) is 25.1 Å². The summed E-state index contributed by atoms with van der Waals surface area (Å²) in [5, 5.41) is 17.1. The number of aromatic amines is 1. The van der Waals surface area contributed by atoms with Crippen LogP contribution in [0.1, 0.15) is 38.9 Å². The Bertz CT molecular complexity index is 985. The molecule has 174 valence electrons. The van der Waals surface area contributed by atoms with Crippen LogP contribution in [0.5, 0.6) is 5.88 Å². The number of amides is 1. The average molecular weight is 453 g/mol. The van der Waals surface area contributed by atoms with Gasteiger partial charge in [-0.1, -0.05) is 6.92 Å². The number of halogens is 3. The van der Waals surface area contributed by atoms with E-state index in [-0.39, 0.29) is 30.3 Å². The molecule has 2 aromatic rings. The number of hydrogen-bond acceptors (Lipinski definition) is 6. The number of nitrogens with zero attached hydrogens (tertiary/aromatic N) is 4. The molecule has 0 aromatic carbocycles. The van der Waals surface area contributed by atoms with Crippen LogP contribution < -0.4 is 4.74 Å². The van der Waals surface area contributed by atoms with Gasteiger partial charge in [-0.15, -0.1) is 0 Å². The minimum atomic E-state index is -5.02. The SMILES string of the molecule is COc1ccc(-c2n[nH]c(C3(C4CCN(C(=O)[C@@](C)(O)C(F)(F)F)CC4C)CC3)n2)cn1. The number of carbonyl (C=O) groups excluding carboxylic acids is 1. The molecule has 4 rings (SSSR count). The number of pyridine rings is 1. The number of hydrogen-bond donors (Lipinski definition) is 2. The van der Waals surface area contributed by atoms with Crippen molar-refractivity contribution in [2.45, 2.75) is 50.3 Å². The highest BCUT2D eigenvalue weighted by molar-refractivity contribution is 5.85. The van der Waals surface area contributed by atoms with E-state index in [2.05, 4.69) is 20.2 Å². The maximum Gasteiger partial charge on any atom is 0.426 e. The quantitative estimate of drug-likeness (QED) is 0.722. The zero-order valence-corrected chi connectivity index (χ0v) is 18.1. The molecule has 1 saturated carbocycles. The third-order valence-electron chi connectivity index (χ3n) is 6.82. The van der Waals surface area contributed by atoms with Gasteiger partial charge in [-0.05, 0) is 44.1 Å². The summed E-state index contributed by atoms with van der Waals surface area (Å²) in [4.78, 5) is 22.4. The van der Waals surface area contributed by atoms with Crippen molar-refractivity contribution in [2.75, 3.05) is 20.2 Å². The number of aliphatic hydroxyl groups is 1. The summed E-state index contributed by atoms with van der Waals surface area (Å²) in [6, 6.07) is 3.54. The van der Waals surface area contributed by atoms with Crippen molar-refractivity contribution in [3.8, 4) is 17.3 Å². The number of likely N-dealkylation sites (tertiary alicyclic amines) is 1. The highest BCUT2D eigenvalue weighted by Crippen LogP contribution is 2.57. The smallest absolute Gasteiger partial charge is 0.426 e. The van der Waals surface area contributed by atoms with Gasteiger partial charge in [0.15, 0.2) is 5.82 Å². The lowest BCUT2D eigenvalue weighted by Crippen LogP contribution is -2.59. The van der Waals surface area contributed by atoms with Crippen molar-refractivity contribution >= 4 is 5.91 Å². The standard InChI is InChI=1S/C21H26F3N5O3/c1-12-11-29(18(30)19(2,31)21(22,23)24)9-6-14(12)20(7-8-20)17-26-16(27-28-17)13-4-5-15(32-3)25-10-13/h4-5,10,12,14,31H,6-9,11H2,1-3H3,(H,26,27,28)/t12?,14?,19-/m1/s1. The molecule has 1 saturated heterocycles. The third kappa shape index (κ3) is 3.72. The van der Waals surface area contributed by atoms with Gasteiger partial charge in [0.2, 0.25) is 11.5 Å². The average Bonchev–Trinajstić information content (AvgIpc) is 3.40. The molecule has 1 aliphatic heterocycles. The van der Waals surface area contributed by atoms with Crippen molar-refractivity contribution in [3.05, 3.63) is 24.2 Å². The molecule has 3 heterocycles. The second-order valence-electron chi connectivity index (χ2n) is 8.95. The van der Waals surface area contributed by atoms with Crippen LogP contribution in [0, 0.1) is 11.8 Å². The maximum atomic E-state index is 13.1. The normalized spacial score (nSPS) is 24.7. The first-order valence-electron chi connectivity index (χ1n) is 10.5. The van der Waals surface area contributed by atoms with Crippen LogP contribution in [0.25, 0.3) is 11.4 Å². The molecule has 2 fully saturated rings. The van der Waals surface area contributed by atoms with Gasteiger partial charge in [0.1, 0.15) is 5.82 Å². The largest absolute Gasteiger partial charge is 0.481 e. The number of alkyl halides is 3. The first kappa shape index (κ1) is 22.5. The first-order valence-corrected chi connectivity index (χ1v) is 10.5. The summed E-state index contributed by atoms with van der Waals surface area (Å²) in [5.74, 6) is 0.537. The van der Waals surface area contributed by atoms with E-state index >= 15 is 0 Å². The minimum absolute atomic E-state index is 0.0598.